The molecule has 5 nitrogen and oxygen atoms in total. The van der Waals surface area contributed by atoms with Crippen LogP contribution in [0.1, 0.15) is 19.8 Å². The second-order valence-electron chi connectivity index (χ2n) is 5.04. The first-order valence-corrected chi connectivity index (χ1v) is 7.59. The monoisotopic (exact) mass is 273 g/mol. The van der Waals surface area contributed by atoms with Gasteiger partial charge in [0.2, 0.25) is 11.8 Å². The van der Waals surface area contributed by atoms with Crippen LogP contribution in [0.3, 0.4) is 0 Å². The van der Waals surface area contributed by atoms with Crippen molar-refractivity contribution in [3.05, 3.63) is 0 Å². The van der Waals surface area contributed by atoms with Crippen molar-refractivity contribution >= 4 is 23.6 Å². The van der Waals surface area contributed by atoms with Crippen LogP contribution in [-0.2, 0) is 9.59 Å². The summed E-state index contributed by atoms with van der Waals surface area (Å²) in [6, 6.07) is -0.440. The quantitative estimate of drug-likeness (QED) is 0.742. The zero-order valence-corrected chi connectivity index (χ0v) is 12.2. The number of thioether (sulfide) groups is 1. The molecule has 1 unspecified atom stereocenters. The molecule has 104 valence electrons. The summed E-state index contributed by atoms with van der Waals surface area (Å²) in [6.07, 6.45) is 3.39. The van der Waals surface area contributed by atoms with Crippen molar-refractivity contribution in [2.75, 3.05) is 32.1 Å². The number of nitrogens with zero attached hydrogens (tertiary/aromatic N) is 1. The number of hydrogen-bond donors (Lipinski definition) is 2. The largest absolute Gasteiger partial charge is 0.359 e. The Kier molecular flexibility index (Phi) is 5.47. The maximum absolute atomic E-state index is 12.1. The van der Waals surface area contributed by atoms with Gasteiger partial charge in [0.15, 0.2) is 0 Å². The van der Waals surface area contributed by atoms with Crippen molar-refractivity contribution in [2.45, 2.75) is 25.8 Å². The number of hydrogen-bond acceptors (Lipinski definition) is 4. The predicted octanol–water partition coefficient (Wildman–Crippen LogP) is 0.0514. The van der Waals surface area contributed by atoms with Crippen LogP contribution in [0.25, 0.3) is 0 Å². The Morgan fingerprint density at radius 1 is 1.56 bits per heavy atom. The van der Waals surface area contributed by atoms with E-state index in [2.05, 4.69) is 5.32 Å². The van der Waals surface area contributed by atoms with Crippen LogP contribution in [0.15, 0.2) is 0 Å². The number of nitrogens with two attached hydrogens (primary N) is 1. The van der Waals surface area contributed by atoms with Crippen LogP contribution in [-0.4, -0.2) is 54.9 Å². The van der Waals surface area contributed by atoms with Crippen molar-refractivity contribution < 1.29 is 9.59 Å². The van der Waals surface area contributed by atoms with Crippen LogP contribution in [0, 0.1) is 5.41 Å². The summed E-state index contributed by atoms with van der Waals surface area (Å²) in [7, 11) is 1.63. The molecule has 1 aliphatic heterocycles. The summed E-state index contributed by atoms with van der Waals surface area (Å²) in [5.74, 6) is 0.847. The number of likely N-dealkylation sites (tertiary alicyclic amines) is 1. The first-order valence-electron chi connectivity index (χ1n) is 6.20. The van der Waals surface area contributed by atoms with E-state index in [-0.39, 0.29) is 11.8 Å². The van der Waals surface area contributed by atoms with E-state index in [1.165, 1.54) is 0 Å². The van der Waals surface area contributed by atoms with E-state index in [0.29, 0.717) is 25.9 Å². The Labute approximate surface area is 113 Å². The van der Waals surface area contributed by atoms with Gasteiger partial charge in [0.25, 0.3) is 0 Å². The van der Waals surface area contributed by atoms with Crippen molar-refractivity contribution in [1.29, 1.82) is 0 Å². The molecule has 1 aliphatic rings. The molecule has 1 fully saturated rings. The smallest absolute Gasteiger partial charge is 0.239 e. The summed E-state index contributed by atoms with van der Waals surface area (Å²) in [5, 5.41) is 2.66. The lowest BCUT2D eigenvalue weighted by Crippen LogP contribution is -2.45. The summed E-state index contributed by atoms with van der Waals surface area (Å²) in [4.78, 5) is 25.6. The van der Waals surface area contributed by atoms with Crippen molar-refractivity contribution in [3.63, 3.8) is 0 Å². The number of carbonyl (C=O) groups is 2. The van der Waals surface area contributed by atoms with Crippen LogP contribution in [0.2, 0.25) is 0 Å². The Morgan fingerprint density at radius 2 is 2.22 bits per heavy atom. The maximum atomic E-state index is 12.1. The molecule has 3 N–H and O–H groups in total. The highest BCUT2D eigenvalue weighted by Gasteiger charge is 2.42. The fourth-order valence-corrected chi connectivity index (χ4v) is 2.73. The lowest BCUT2D eigenvalue weighted by molar-refractivity contribution is -0.133. The molecule has 1 heterocycles. The average molecular weight is 273 g/mol. The molecule has 2 amide bonds. The van der Waals surface area contributed by atoms with Gasteiger partial charge in [-0.2, -0.15) is 11.8 Å². The van der Waals surface area contributed by atoms with Crippen molar-refractivity contribution in [1.82, 2.24) is 10.2 Å². The summed E-state index contributed by atoms with van der Waals surface area (Å²) >= 11 is 1.68. The molecule has 0 spiro atoms. The van der Waals surface area contributed by atoms with Gasteiger partial charge in [0.1, 0.15) is 0 Å². The lowest BCUT2D eigenvalue weighted by atomic mass is 9.89. The molecule has 0 bridgehead atoms. The van der Waals surface area contributed by atoms with Crippen LogP contribution < -0.4 is 11.1 Å². The van der Waals surface area contributed by atoms with Gasteiger partial charge in [-0.1, -0.05) is 0 Å². The van der Waals surface area contributed by atoms with Gasteiger partial charge in [0.05, 0.1) is 11.5 Å². The standard InChI is InChI=1S/C12H23N3O2S/c1-12(11(17)14-2)5-6-15(8-12)10(16)9(13)4-7-18-3/h9H,4-8,13H2,1-3H3,(H,14,17)/t9-,12?/m1/s1. The summed E-state index contributed by atoms with van der Waals surface area (Å²) < 4.78 is 0. The number of carbonyl (C=O) groups excluding carboxylic acids is 2. The van der Waals surface area contributed by atoms with E-state index < -0.39 is 11.5 Å². The molecular formula is C12H23N3O2S. The molecule has 0 aromatic rings. The average Bonchev–Trinajstić information content (AvgIpc) is 2.77. The van der Waals surface area contributed by atoms with E-state index >= 15 is 0 Å². The Morgan fingerprint density at radius 3 is 2.78 bits per heavy atom. The van der Waals surface area contributed by atoms with E-state index in [9.17, 15) is 9.59 Å². The van der Waals surface area contributed by atoms with Gasteiger partial charge in [-0.05, 0) is 31.8 Å². The number of rotatable bonds is 5. The highest BCUT2D eigenvalue weighted by molar-refractivity contribution is 7.98. The molecule has 0 saturated carbocycles. The molecule has 2 atom stereocenters. The molecule has 0 aromatic carbocycles. The lowest BCUT2D eigenvalue weighted by Gasteiger charge is -2.24. The van der Waals surface area contributed by atoms with Gasteiger partial charge in [0, 0.05) is 20.1 Å². The number of nitrogens with one attached hydrogen (secondary N) is 1. The van der Waals surface area contributed by atoms with E-state index in [1.807, 2.05) is 13.2 Å². The molecular weight excluding hydrogens is 250 g/mol. The summed E-state index contributed by atoms with van der Waals surface area (Å²) in [5.41, 5.74) is 5.41. The second kappa shape index (κ2) is 6.43. The van der Waals surface area contributed by atoms with Crippen molar-refractivity contribution in [3.8, 4) is 0 Å². The fraction of sp³-hybridized carbons (Fsp3) is 0.833. The zero-order valence-electron chi connectivity index (χ0n) is 11.4. The number of amides is 2. The third-order valence-corrected chi connectivity index (χ3v) is 4.15. The molecule has 6 heteroatoms. The van der Waals surface area contributed by atoms with Crippen LogP contribution in [0.4, 0.5) is 0 Å². The van der Waals surface area contributed by atoms with E-state index in [4.69, 9.17) is 5.73 Å². The van der Waals surface area contributed by atoms with Gasteiger partial charge in [-0.15, -0.1) is 0 Å². The molecule has 1 rings (SSSR count). The van der Waals surface area contributed by atoms with Crippen LogP contribution >= 0.6 is 11.8 Å². The summed E-state index contributed by atoms with van der Waals surface area (Å²) in [6.45, 7) is 2.99. The maximum Gasteiger partial charge on any atom is 0.239 e. The predicted molar refractivity (Wildman–Crippen MR) is 74.3 cm³/mol. The third kappa shape index (κ3) is 3.38. The second-order valence-corrected chi connectivity index (χ2v) is 6.02. The Hall–Kier alpha value is -0.750. The minimum Gasteiger partial charge on any atom is -0.359 e. The molecule has 1 saturated heterocycles. The highest BCUT2D eigenvalue weighted by Crippen LogP contribution is 2.30. The molecule has 0 radical (unpaired) electrons. The minimum absolute atomic E-state index is 0.00418. The van der Waals surface area contributed by atoms with Crippen LogP contribution in [0.5, 0.6) is 0 Å². The first-order chi connectivity index (χ1) is 8.44. The molecule has 0 aliphatic carbocycles. The topological polar surface area (TPSA) is 75.4 Å². The van der Waals surface area contributed by atoms with Crippen molar-refractivity contribution in [2.24, 2.45) is 11.1 Å². The van der Waals surface area contributed by atoms with E-state index in [1.54, 1.807) is 23.7 Å². The van der Waals surface area contributed by atoms with E-state index in [0.717, 1.165) is 5.75 Å². The van der Waals surface area contributed by atoms with Gasteiger partial charge < -0.3 is 16.0 Å². The highest BCUT2D eigenvalue weighted by atomic mass is 32.2. The van der Waals surface area contributed by atoms with Gasteiger partial charge in [-0.3, -0.25) is 9.59 Å². The Bertz CT molecular complexity index is 324. The zero-order chi connectivity index (χ0) is 13.8. The first kappa shape index (κ1) is 15.3. The molecule has 0 aromatic heterocycles. The van der Waals surface area contributed by atoms with Gasteiger partial charge in [-0.25, -0.2) is 0 Å². The fourth-order valence-electron chi connectivity index (χ4n) is 2.24. The minimum atomic E-state index is -0.469. The third-order valence-electron chi connectivity index (χ3n) is 3.51. The SMILES string of the molecule is CNC(=O)C1(C)CCN(C(=O)[C@H](N)CCSC)C1. The Balaban J connectivity index is 2.55. The molecule has 18 heavy (non-hydrogen) atoms. The normalized spacial score (nSPS) is 25.0. The van der Waals surface area contributed by atoms with Gasteiger partial charge >= 0.3 is 0 Å².